The Labute approximate surface area is 850 Å². The van der Waals surface area contributed by atoms with Crippen LogP contribution in [0, 0.1) is 82.8 Å². The third kappa shape index (κ3) is 24.0. The van der Waals surface area contributed by atoms with Crippen LogP contribution in [0.25, 0.3) is 166 Å². The van der Waals surface area contributed by atoms with Crippen molar-refractivity contribution in [3.8, 4) is 101 Å². The van der Waals surface area contributed by atoms with E-state index >= 15 is 0 Å². The van der Waals surface area contributed by atoms with Gasteiger partial charge in [-0.2, -0.15) is 18.6 Å². The normalized spacial score (nSPS) is 10.9. The molecule has 0 aliphatic carbocycles. The average Bonchev–Trinajstić information content (AvgIpc) is 1.60. The zero-order chi connectivity index (χ0) is 93.1. The second-order valence-corrected chi connectivity index (χ2v) is 35.5. The number of pyridine rings is 6. The van der Waals surface area contributed by atoms with E-state index in [0.29, 0.717) is 17.8 Å². The molecule has 9 heterocycles. The maximum absolute atomic E-state index is 4.64. The van der Waals surface area contributed by atoms with Gasteiger partial charge in [-0.3, -0.25) is 0 Å². The van der Waals surface area contributed by atoms with Crippen LogP contribution in [0.4, 0.5) is 0 Å². The average molecular weight is 2320 g/mol. The van der Waals surface area contributed by atoms with Gasteiger partial charge >= 0.3 is 20.1 Å². The van der Waals surface area contributed by atoms with Gasteiger partial charge < -0.3 is 43.2 Å². The van der Waals surface area contributed by atoms with E-state index in [4.69, 9.17) is 0 Å². The Bertz CT molecular complexity index is 7420. The van der Waals surface area contributed by atoms with Crippen LogP contribution >= 0.6 is 0 Å². The summed E-state index contributed by atoms with van der Waals surface area (Å²) in [6.07, 6.45) is 14.7. The fraction of sp³-hybridized carbons (Fsp3) is 0.168. The summed E-state index contributed by atoms with van der Waals surface area (Å²) in [6.45, 7) is 33.5. The molecule has 0 saturated heterocycles. The Morgan fingerprint density at radius 1 is 0.321 bits per heavy atom. The number of hydrogen-bond donors (Lipinski definition) is 0. The number of nitrogens with zero attached hydrogens (tertiary/aromatic N) is 9. The van der Waals surface area contributed by atoms with Crippen LogP contribution in [0.5, 0.6) is 0 Å². The van der Waals surface area contributed by atoms with Crippen molar-refractivity contribution in [1.82, 2.24) is 38.6 Å². The molecule has 12 aromatic carbocycles. The smallest absolute Gasteiger partial charge is 0.380 e. The van der Waals surface area contributed by atoms with Gasteiger partial charge in [-0.05, 0) is 188 Å². The van der Waals surface area contributed by atoms with E-state index in [1.165, 1.54) is 132 Å². The summed E-state index contributed by atoms with van der Waals surface area (Å²) < 4.78 is 9.23. The first-order valence-corrected chi connectivity index (χ1v) is 46.8. The van der Waals surface area contributed by atoms with E-state index in [9.17, 15) is 0 Å². The van der Waals surface area contributed by atoms with E-state index in [2.05, 4.69) is 397 Å². The molecule has 21 rings (SSSR count). The van der Waals surface area contributed by atoms with E-state index in [1.54, 1.807) is 0 Å². The summed E-state index contributed by atoms with van der Waals surface area (Å²) in [5.74, 6) is 1.76. The van der Waals surface area contributed by atoms with Gasteiger partial charge in [-0.15, -0.1) is 161 Å². The zero-order valence-electron chi connectivity index (χ0n) is 80.1. The Kier molecular flexibility index (Phi) is 35.3. The Morgan fingerprint density at radius 3 is 1.24 bits per heavy atom. The molecule has 0 unspecified atom stereocenters. The summed E-state index contributed by atoms with van der Waals surface area (Å²) in [6, 6.07) is 130. The Hall–Kier alpha value is -13.4. The second kappa shape index (κ2) is 47.9. The fourth-order valence-corrected chi connectivity index (χ4v) is 17.7. The molecule has 0 amide bonds. The number of benzene rings is 12. The maximum atomic E-state index is 4.64. The van der Waals surface area contributed by atoms with E-state index in [-0.39, 0.29) is 60.3 Å². The molecule has 0 aliphatic heterocycles. The first kappa shape index (κ1) is 101. The first-order valence-electron chi connectivity index (χ1n) is 46.8. The molecule has 9 aromatic heterocycles. The molecule has 12 heteroatoms. The summed E-state index contributed by atoms with van der Waals surface area (Å²) in [4.78, 5) is 22.9. The van der Waals surface area contributed by atoms with Gasteiger partial charge in [0.15, 0.2) is 0 Å². The Balaban J connectivity index is 0.000000139. The van der Waals surface area contributed by atoms with Gasteiger partial charge in [0.05, 0.1) is 11.9 Å². The summed E-state index contributed by atoms with van der Waals surface area (Å²) in [5.41, 5.74) is 36.0. The van der Waals surface area contributed by atoms with Crippen LogP contribution in [-0.2, 0) is 99.2 Å². The quantitative estimate of drug-likeness (QED) is 0.0631. The van der Waals surface area contributed by atoms with Crippen molar-refractivity contribution in [3.63, 3.8) is 0 Å². The molecular weight excluding hydrogens is 2200 g/mol. The van der Waals surface area contributed by atoms with E-state index in [1.807, 2.05) is 139 Å². The van der Waals surface area contributed by atoms with Crippen molar-refractivity contribution in [1.29, 1.82) is 0 Å². The first-order chi connectivity index (χ1) is 65.4. The van der Waals surface area contributed by atoms with Crippen molar-refractivity contribution in [2.24, 2.45) is 17.8 Å². The minimum Gasteiger partial charge on any atom is -0.380 e. The number of aryl methyl sites for hydroxylation is 6. The summed E-state index contributed by atoms with van der Waals surface area (Å²) in [5, 5.41) is 7.73. The molecule has 0 N–H and O–H groups in total. The molecule has 2 radical (unpaired) electrons. The SMILES string of the molecule is CCc1cc(-c2[c-]cccc2)ncc1-c1ccccc1.CCc1cc(-c2[c-]cccc2)ncc1-c1ccccc1.Cc1ccc(-c2[c-]ccc3c4ccccc4n(CC(C)C)c23)nc1.Cc1ccnc(-c2[c-]cc3c(c2)c2ccccc2n3CC(C)C)c1.Cc1ccnc(-c2[c-]cc3c4ccccc4n(CC(C)C)c3c2)c1.[CH2-]c1ccccc1-c1cc(CC)c(-c2ccccc2)c[n+]1[CH2-].[Ir+3].[Ir].[Ir]. The number of aromatic nitrogens is 9. The summed E-state index contributed by atoms with van der Waals surface area (Å²) in [7, 11) is 4.19. The molecule has 9 nitrogen and oxygen atoms in total. The molecule has 0 fully saturated rings. The van der Waals surface area contributed by atoms with Crippen LogP contribution < -0.4 is 4.57 Å². The topological polar surface area (TPSA) is 83.1 Å². The largest absolute Gasteiger partial charge is 3.00 e. The van der Waals surface area contributed by atoms with Crippen molar-refractivity contribution >= 4 is 65.4 Å². The third-order valence-corrected chi connectivity index (χ3v) is 24.2. The van der Waals surface area contributed by atoms with Crippen molar-refractivity contribution < 1.29 is 64.9 Å². The fourth-order valence-electron chi connectivity index (χ4n) is 17.7. The van der Waals surface area contributed by atoms with Gasteiger partial charge in [0, 0.05) is 126 Å². The van der Waals surface area contributed by atoms with Crippen LogP contribution in [-0.4, -0.2) is 38.6 Å². The van der Waals surface area contributed by atoms with Crippen molar-refractivity contribution in [2.45, 2.75) is 122 Å². The van der Waals surface area contributed by atoms with Crippen LogP contribution in [0.2, 0.25) is 0 Å². The second-order valence-electron chi connectivity index (χ2n) is 35.5. The standard InChI is InChI=1S/3C22H21N2.C21H20N.2C19H16N.3Ir/c1-15(2)14-24-21-10-5-4-7-17(21)18-8-6-9-19(22(18)24)20-12-11-16(3)13-23-20;1-15(2)14-24-21-7-5-4-6-18(21)19-13-17(8-9-22(19)24)20-12-16(3)10-11-23-20;1-15(2)14-24-21-7-5-4-6-18(21)19-9-8-17(13-22(19)24)20-12-16(3)10-11-23-20;1-4-17-14-21(19-13-9-8-10-16(19)2)22(3)15-20(17)18-11-6-5-7-12-18;2*1-2-15-13-19(17-11-7-4-8-12-17)20-14-18(15)16-9-5-3-6-10-16;;;/h4-8,10-13,15H,14H2,1-3H3;2*4-7,9-13,15H,14H2,1-3H3;5-15H,2-4H2,1H3;2*3-11,13-14H,2H2,1H3;;;/q6*-1;;;+3. The van der Waals surface area contributed by atoms with E-state index < -0.39 is 0 Å². The Morgan fingerprint density at radius 2 is 0.752 bits per heavy atom. The summed E-state index contributed by atoms with van der Waals surface area (Å²) >= 11 is 0. The molecule has 0 aliphatic rings. The van der Waals surface area contributed by atoms with Gasteiger partial charge in [0.1, 0.15) is 0 Å². The monoisotopic (exact) mass is 2320 g/mol. The minimum absolute atomic E-state index is 0. The van der Waals surface area contributed by atoms with E-state index in [0.717, 1.165) is 112 Å². The van der Waals surface area contributed by atoms with Crippen LogP contribution in [0.15, 0.2) is 365 Å². The molecule has 0 atom stereocenters. The number of para-hydroxylation sites is 3. The van der Waals surface area contributed by atoms with Gasteiger partial charge in [0.2, 0.25) is 0 Å². The molecule has 0 spiro atoms. The number of hydrogen-bond acceptors (Lipinski definition) is 5. The maximum Gasteiger partial charge on any atom is 3.00 e. The number of rotatable bonds is 18. The molecule has 0 saturated carbocycles. The van der Waals surface area contributed by atoms with Gasteiger partial charge in [0.25, 0.3) is 0 Å². The minimum atomic E-state index is 0. The molecule has 21 aromatic rings. The molecule has 690 valence electrons. The predicted molar refractivity (Wildman–Crippen MR) is 562 cm³/mol. The van der Waals surface area contributed by atoms with Gasteiger partial charge in [-0.25, -0.2) is 0 Å². The predicted octanol–water partition coefficient (Wildman–Crippen LogP) is 31.1. The molecular formula is C125H115Ir3N9-3. The van der Waals surface area contributed by atoms with Gasteiger partial charge in [-0.1, -0.05) is 289 Å². The zero-order valence-corrected chi connectivity index (χ0v) is 87.2. The van der Waals surface area contributed by atoms with Crippen molar-refractivity contribution in [2.75, 3.05) is 0 Å². The van der Waals surface area contributed by atoms with Crippen LogP contribution in [0.3, 0.4) is 0 Å². The third-order valence-electron chi connectivity index (χ3n) is 24.2. The van der Waals surface area contributed by atoms with Crippen molar-refractivity contribution in [3.05, 3.63) is 448 Å². The molecule has 0 bridgehead atoms. The molecule has 137 heavy (non-hydrogen) atoms. The van der Waals surface area contributed by atoms with Crippen LogP contribution in [0.1, 0.15) is 101 Å². The number of fused-ring (bicyclic) bond motifs is 9.